The molecule has 3 aromatic rings. The van der Waals surface area contributed by atoms with Gasteiger partial charge in [0.1, 0.15) is 5.58 Å². The van der Waals surface area contributed by atoms with Gasteiger partial charge in [-0.2, -0.15) is 0 Å². The summed E-state index contributed by atoms with van der Waals surface area (Å²) in [6.45, 7) is 4.62. The molecule has 0 bridgehead atoms. The molecular formula is C22H24N2O3S. The molecule has 2 aromatic heterocycles. The predicted molar refractivity (Wildman–Crippen MR) is 112 cm³/mol. The third-order valence-corrected chi connectivity index (χ3v) is 6.31. The van der Waals surface area contributed by atoms with Crippen LogP contribution in [0.4, 0.5) is 0 Å². The normalized spacial score (nSPS) is 15.8. The highest BCUT2D eigenvalue weighted by atomic mass is 32.1. The minimum absolute atomic E-state index is 0.0631. The highest BCUT2D eigenvalue weighted by molar-refractivity contribution is 7.10. The second kappa shape index (κ2) is 8.29. The molecule has 0 radical (unpaired) electrons. The van der Waals surface area contributed by atoms with Crippen LogP contribution in [0.5, 0.6) is 0 Å². The molecule has 1 atom stereocenters. The molecule has 6 heteroatoms. The van der Waals surface area contributed by atoms with E-state index in [1.165, 1.54) is 23.8 Å². The van der Waals surface area contributed by atoms with E-state index >= 15 is 0 Å². The molecule has 1 saturated heterocycles. The summed E-state index contributed by atoms with van der Waals surface area (Å²) in [4.78, 5) is 28.8. The number of fused-ring (bicyclic) bond motifs is 1. The predicted octanol–water partition coefficient (Wildman–Crippen LogP) is 3.98. The lowest BCUT2D eigenvalue weighted by atomic mass is 10.1. The quantitative estimate of drug-likeness (QED) is 0.684. The molecule has 0 spiro atoms. The van der Waals surface area contributed by atoms with Crippen LogP contribution in [0.15, 0.2) is 51.0 Å². The number of benzene rings is 1. The molecule has 1 N–H and O–H groups in total. The van der Waals surface area contributed by atoms with Crippen LogP contribution >= 0.6 is 11.3 Å². The van der Waals surface area contributed by atoms with Crippen LogP contribution in [0.3, 0.4) is 0 Å². The van der Waals surface area contributed by atoms with Crippen LogP contribution in [-0.4, -0.2) is 30.4 Å². The van der Waals surface area contributed by atoms with Gasteiger partial charge in [0.2, 0.25) is 0 Å². The highest BCUT2D eigenvalue weighted by Gasteiger charge is 2.25. The molecule has 1 aliphatic heterocycles. The lowest BCUT2D eigenvalue weighted by Gasteiger charge is -2.26. The van der Waals surface area contributed by atoms with E-state index in [0.29, 0.717) is 17.5 Å². The third-order valence-electron chi connectivity index (χ3n) is 5.33. The molecule has 3 heterocycles. The number of hydrogen-bond acceptors (Lipinski definition) is 5. The van der Waals surface area contributed by atoms with Crippen molar-refractivity contribution in [1.29, 1.82) is 0 Å². The van der Waals surface area contributed by atoms with E-state index in [2.05, 4.69) is 21.7 Å². The Kier molecular flexibility index (Phi) is 5.59. The van der Waals surface area contributed by atoms with Crippen molar-refractivity contribution in [2.24, 2.45) is 0 Å². The van der Waals surface area contributed by atoms with Crippen molar-refractivity contribution in [2.75, 3.05) is 19.6 Å². The Bertz CT molecular complexity index is 1020. The van der Waals surface area contributed by atoms with Crippen LogP contribution in [0.25, 0.3) is 11.0 Å². The summed E-state index contributed by atoms with van der Waals surface area (Å²) in [5.74, 6) is -0.285. The standard InChI is InChI=1S/C22H24N2O3S/c1-2-15-7-8-19-16(12-15)18(25)13-20(27-19)22(26)23-14-17(21-6-5-11-28-21)24-9-3-4-10-24/h5-8,11-13,17H,2-4,9-10,14H2,1H3,(H,23,26). The molecule has 1 unspecified atom stereocenters. The maximum absolute atomic E-state index is 12.7. The van der Waals surface area contributed by atoms with Crippen LogP contribution in [-0.2, 0) is 6.42 Å². The number of aryl methyl sites for hydroxylation is 1. The van der Waals surface area contributed by atoms with Gasteiger partial charge >= 0.3 is 0 Å². The Balaban J connectivity index is 1.53. The lowest BCUT2D eigenvalue weighted by molar-refractivity contribution is 0.0911. The van der Waals surface area contributed by atoms with Crippen molar-refractivity contribution in [1.82, 2.24) is 10.2 Å². The van der Waals surface area contributed by atoms with Crippen LogP contribution in [0, 0.1) is 0 Å². The summed E-state index contributed by atoms with van der Waals surface area (Å²) in [6, 6.07) is 11.1. The first-order chi connectivity index (χ1) is 13.7. The molecule has 1 aromatic carbocycles. The van der Waals surface area contributed by atoms with Crippen LogP contribution in [0.2, 0.25) is 0 Å². The first-order valence-electron chi connectivity index (χ1n) is 9.78. The minimum atomic E-state index is -0.348. The second-order valence-corrected chi connectivity index (χ2v) is 8.12. The van der Waals surface area contributed by atoms with Gasteiger partial charge in [-0.25, -0.2) is 0 Å². The summed E-state index contributed by atoms with van der Waals surface area (Å²) >= 11 is 1.71. The number of likely N-dealkylation sites (tertiary alicyclic amines) is 1. The van der Waals surface area contributed by atoms with Gasteiger partial charge in [-0.3, -0.25) is 14.5 Å². The fraction of sp³-hybridized carbons (Fsp3) is 0.364. The molecular weight excluding hydrogens is 372 g/mol. The smallest absolute Gasteiger partial charge is 0.287 e. The average molecular weight is 397 g/mol. The average Bonchev–Trinajstić information content (AvgIpc) is 3.42. The number of rotatable bonds is 6. The number of nitrogens with zero attached hydrogens (tertiary/aromatic N) is 1. The van der Waals surface area contributed by atoms with Crippen molar-refractivity contribution in [3.8, 4) is 0 Å². The Labute approximate surface area is 168 Å². The van der Waals surface area contributed by atoms with Gasteiger partial charge < -0.3 is 9.73 Å². The van der Waals surface area contributed by atoms with Gasteiger partial charge in [-0.1, -0.05) is 19.1 Å². The van der Waals surface area contributed by atoms with Crippen molar-refractivity contribution < 1.29 is 9.21 Å². The zero-order valence-electron chi connectivity index (χ0n) is 15.9. The number of carbonyl (C=O) groups is 1. The molecule has 28 heavy (non-hydrogen) atoms. The monoisotopic (exact) mass is 396 g/mol. The summed E-state index contributed by atoms with van der Waals surface area (Å²) in [5, 5.41) is 5.55. The van der Waals surface area contributed by atoms with Gasteiger partial charge in [-0.15, -0.1) is 11.3 Å². The number of amides is 1. The highest BCUT2D eigenvalue weighted by Crippen LogP contribution is 2.28. The minimum Gasteiger partial charge on any atom is -0.451 e. The van der Waals surface area contributed by atoms with Crippen molar-refractivity contribution in [3.63, 3.8) is 0 Å². The van der Waals surface area contributed by atoms with Crippen molar-refractivity contribution in [3.05, 3.63) is 68.2 Å². The number of nitrogens with one attached hydrogen (secondary N) is 1. The SMILES string of the molecule is CCc1ccc2oc(C(=O)NCC(c3cccs3)N3CCCC3)cc(=O)c2c1. The summed E-state index contributed by atoms with van der Waals surface area (Å²) in [6.07, 6.45) is 3.22. The van der Waals surface area contributed by atoms with Crippen molar-refractivity contribution >= 4 is 28.2 Å². The second-order valence-electron chi connectivity index (χ2n) is 7.14. The zero-order chi connectivity index (χ0) is 19.5. The maximum Gasteiger partial charge on any atom is 0.287 e. The molecule has 1 fully saturated rings. The molecule has 0 aliphatic carbocycles. The Morgan fingerprint density at radius 1 is 1.25 bits per heavy atom. The van der Waals surface area contributed by atoms with Gasteiger partial charge in [-0.05, 0) is 61.5 Å². The molecule has 4 rings (SSSR count). The zero-order valence-corrected chi connectivity index (χ0v) is 16.8. The summed E-state index contributed by atoms with van der Waals surface area (Å²) in [5.41, 5.74) is 1.33. The van der Waals surface area contributed by atoms with E-state index < -0.39 is 0 Å². The van der Waals surface area contributed by atoms with E-state index in [0.717, 1.165) is 25.1 Å². The largest absolute Gasteiger partial charge is 0.451 e. The lowest BCUT2D eigenvalue weighted by Crippen LogP contribution is -2.36. The van der Waals surface area contributed by atoms with Gasteiger partial charge in [0, 0.05) is 17.5 Å². The number of thiophene rings is 1. The van der Waals surface area contributed by atoms with E-state index in [1.54, 1.807) is 17.4 Å². The molecule has 146 valence electrons. The fourth-order valence-electron chi connectivity index (χ4n) is 3.76. The molecule has 1 amide bonds. The fourth-order valence-corrected chi connectivity index (χ4v) is 4.62. The Hall–Kier alpha value is -2.44. The van der Waals surface area contributed by atoms with E-state index in [9.17, 15) is 9.59 Å². The van der Waals surface area contributed by atoms with Crippen molar-refractivity contribution in [2.45, 2.75) is 32.2 Å². The van der Waals surface area contributed by atoms with Crippen LogP contribution < -0.4 is 10.7 Å². The maximum atomic E-state index is 12.7. The van der Waals surface area contributed by atoms with E-state index in [1.807, 2.05) is 25.1 Å². The van der Waals surface area contributed by atoms with E-state index in [-0.39, 0.29) is 23.1 Å². The Morgan fingerprint density at radius 2 is 2.07 bits per heavy atom. The molecule has 1 aliphatic rings. The number of carbonyl (C=O) groups excluding carboxylic acids is 1. The van der Waals surface area contributed by atoms with Gasteiger partial charge in [0.25, 0.3) is 5.91 Å². The summed E-state index contributed by atoms with van der Waals surface area (Å²) < 4.78 is 5.73. The third kappa shape index (κ3) is 3.88. The summed E-state index contributed by atoms with van der Waals surface area (Å²) in [7, 11) is 0. The topological polar surface area (TPSA) is 62.6 Å². The molecule has 0 saturated carbocycles. The Morgan fingerprint density at radius 3 is 2.79 bits per heavy atom. The number of hydrogen-bond donors (Lipinski definition) is 1. The van der Waals surface area contributed by atoms with Gasteiger partial charge in [0.15, 0.2) is 11.2 Å². The first kappa shape index (κ1) is 18.9. The first-order valence-corrected chi connectivity index (χ1v) is 10.7. The van der Waals surface area contributed by atoms with E-state index in [4.69, 9.17) is 4.42 Å². The molecule has 5 nitrogen and oxygen atoms in total. The van der Waals surface area contributed by atoms with Gasteiger partial charge in [0.05, 0.1) is 11.4 Å². The van der Waals surface area contributed by atoms with Crippen LogP contribution in [0.1, 0.15) is 46.8 Å².